The number of hydrogen-bond acceptors (Lipinski definition) is 5. The molecule has 178 valence electrons. The summed E-state index contributed by atoms with van der Waals surface area (Å²) in [4.78, 5) is 17.8. The van der Waals surface area contributed by atoms with E-state index in [1.54, 1.807) is 11.3 Å². The van der Waals surface area contributed by atoms with Gasteiger partial charge in [-0.05, 0) is 36.5 Å². The monoisotopic (exact) mass is 501 g/mol. The molecular formula is C29H27NO3S2. The van der Waals surface area contributed by atoms with Crippen LogP contribution in [0.5, 0.6) is 5.75 Å². The van der Waals surface area contributed by atoms with Gasteiger partial charge >= 0.3 is 5.97 Å². The lowest BCUT2D eigenvalue weighted by molar-refractivity contribution is -0.145. The van der Waals surface area contributed by atoms with E-state index in [1.807, 2.05) is 30.8 Å². The number of nitrogens with zero attached hydrogens (tertiary/aromatic N) is 1. The second kappa shape index (κ2) is 10.7. The first-order valence-corrected chi connectivity index (χ1v) is 13.7. The minimum atomic E-state index is -0.930. The summed E-state index contributed by atoms with van der Waals surface area (Å²) >= 11 is 3.58. The molecule has 1 aromatic heterocycles. The van der Waals surface area contributed by atoms with E-state index in [4.69, 9.17) is 9.72 Å². The number of aryl methyl sites for hydroxylation is 1. The second-order valence-electron chi connectivity index (χ2n) is 8.57. The van der Waals surface area contributed by atoms with Gasteiger partial charge in [-0.15, -0.1) is 11.3 Å². The van der Waals surface area contributed by atoms with Crippen LogP contribution >= 0.6 is 23.1 Å². The smallest absolute Gasteiger partial charge is 0.344 e. The standard InChI is InChI=1S/C29H27NO3S2/c1-2-24(28(31)32)33-25-15-9-14-22-21(25)16-17-26-27(22)30-29(35-26)34-18-23(19-10-5-3-6-11-19)20-12-7-4-8-13-20/h3-15,23-24H,2,16-18H2,1H3,(H,31,32). The minimum Gasteiger partial charge on any atom is -0.479 e. The van der Waals surface area contributed by atoms with Crippen LogP contribution < -0.4 is 4.74 Å². The van der Waals surface area contributed by atoms with Gasteiger partial charge in [0.05, 0.1) is 5.69 Å². The Labute approximate surface area is 214 Å². The molecule has 4 aromatic rings. The highest BCUT2D eigenvalue weighted by Gasteiger charge is 2.26. The van der Waals surface area contributed by atoms with Crippen LogP contribution in [0.3, 0.4) is 0 Å². The van der Waals surface area contributed by atoms with Crippen LogP contribution in [0.15, 0.2) is 83.2 Å². The van der Waals surface area contributed by atoms with E-state index in [-0.39, 0.29) is 5.92 Å². The molecule has 1 unspecified atom stereocenters. The number of benzene rings is 3. The summed E-state index contributed by atoms with van der Waals surface area (Å²) in [6, 6.07) is 27.2. The summed E-state index contributed by atoms with van der Waals surface area (Å²) in [7, 11) is 0. The predicted octanol–water partition coefficient (Wildman–Crippen LogP) is 7.07. The Morgan fingerprint density at radius 3 is 2.31 bits per heavy atom. The number of aliphatic carboxylic acids is 1. The van der Waals surface area contributed by atoms with Crippen LogP contribution in [0.2, 0.25) is 0 Å². The first-order chi connectivity index (χ1) is 17.1. The van der Waals surface area contributed by atoms with Crippen molar-refractivity contribution in [2.45, 2.75) is 42.5 Å². The highest BCUT2D eigenvalue weighted by Crippen LogP contribution is 2.43. The first kappa shape index (κ1) is 23.6. The minimum absolute atomic E-state index is 0.289. The summed E-state index contributed by atoms with van der Waals surface area (Å²) in [5.41, 5.74) is 5.76. The predicted molar refractivity (Wildman–Crippen MR) is 143 cm³/mol. The zero-order valence-electron chi connectivity index (χ0n) is 19.5. The molecule has 0 amide bonds. The van der Waals surface area contributed by atoms with Crippen LogP contribution in [0, 0.1) is 0 Å². The highest BCUT2D eigenvalue weighted by molar-refractivity contribution is 8.01. The molecule has 0 saturated heterocycles. The third-order valence-electron chi connectivity index (χ3n) is 6.36. The van der Waals surface area contributed by atoms with Gasteiger partial charge in [-0.25, -0.2) is 9.78 Å². The Balaban J connectivity index is 1.39. The molecule has 1 heterocycles. The summed E-state index contributed by atoms with van der Waals surface area (Å²) in [5.74, 6) is 0.934. The van der Waals surface area contributed by atoms with Crippen LogP contribution in [-0.2, 0) is 17.6 Å². The van der Waals surface area contributed by atoms with Gasteiger partial charge in [0.2, 0.25) is 0 Å². The number of rotatable bonds is 9. The molecule has 6 heteroatoms. The lowest BCUT2D eigenvalue weighted by Crippen LogP contribution is -2.26. The number of thiazole rings is 1. The molecule has 0 saturated carbocycles. The Kier molecular flexibility index (Phi) is 7.21. The van der Waals surface area contributed by atoms with Crippen molar-refractivity contribution in [3.63, 3.8) is 0 Å². The molecule has 1 atom stereocenters. The van der Waals surface area contributed by atoms with E-state index < -0.39 is 12.1 Å². The number of thioether (sulfide) groups is 1. The molecule has 0 bridgehead atoms. The number of carbonyl (C=O) groups is 1. The van der Waals surface area contributed by atoms with Crippen LogP contribution in [0.25, 0.3) is 11.3 Å². The van der Waals surface area contributed by atoms with Gasteiger partial charge in [0, 0.05) is 27.7 Å². The zero-order valence-corrected chi connectivity index (χ0v) is 21.1. The average Bonchev–Trinajstić information content (AvgIpc) is 3.32. The van der Waals surface area contributed by atoms with Crippen molar-refractivity contribution in [1.29, 1.82) is 0 Å². The fraction of sp³-hybridized carbons (Fsp3) is 0.241. The van der Waals surface area contributed by atoms with Gasteiger partial charge in [-0.1, -0.05) is 91.5 Å². The molecule has 1 N–H and O–H groups in total. The number of carboxylic acid groups (broad SMARTS) is 1. The van der Waals surface area contributed by atoms with Crippen molar-refractivity contribution in [3.8, 4) is 17.0 Å². The maximum atomic E-state index is 11.5. The molecule has 1 aliphatic rings. The molecular weight excluding hydrogens is 474 g/mol. The number of hydrogen-bond donors (Lipinski definition) is 1. The number of aromatic nitrogens is 1. The molecule has 0 aliphatic heterocycles. The van der Waals surface area contributed by atoms with Gasteiger partial charge in [0.15, 0.2) is 10.4 Å². The lowest BCUT2D eigenvalue weighted by atomic mass is 9.92. The van der Waals surface area contributed by atoms with Crippen molar-refractivity contribution in [1.82, 2.24) is 4.98 Å². The fourth-order valence-corrected chi connectivity index (χ4v) is 6.93. The van der Waals surface area contributed by atoms with E-state index in [0.29, 0.717) is 12.2 Å². The number of carboxylic acids is 1. The van der Waals surface area contributed by atoms with Crippen molar-refractivity contribution < 1.29 is 14.6 Å². The largest absolute Gasteiger partial charge is 0.479 e. The van der Waals surface area contributed by atoms with Crippen molar-refractivity contribution >= 4 is 29.1 Å². The van der Waals surface area contributed by atoms with E-state index >= 15 is 0 Å². The maximum Gasteiger partial charge on any atom is 0.344 e. The Morgan fingerprint density at radius 1 is 1.00 bits per heavy atom. The Morgan fingerprint density at radius 2 is 1.69 bits per heavy atom. The quantitative estimate of drug-likeness (QED) is 0.248. The van der Waals surface area contributed by atoms with Gasteiger partial charge in [-0.3, -0.25) is 0 Å². The van der Waals surface area contributed by atoms with Crippen molar-refractivity contribution in [3.05, 3.63) is 100 Å². The SMILES string of the molecule is CCC(Oc1cccc2c1CCc1sc(SCC(c3ccccc3)c3ccccc3)nc1-2)C(=O)O. The van der Waals surface area contributed by atoms with E-state index in [0.717, 1.165) is 39.8 Å². The molecule has 3 aromatic carbocycles. The summed E-state index contributed by atoms with van der Waals surface area (Å²) in [6.45, 7) is 1.83. The van der Waals surface area contributed by atoms with E-state index in [2.05, 4.69) is 66.7 Å². The molecule has 0 fully saturated rings. The van der Waals surface area contributed by atoms with E-state index in [1.165, 1.54) is 16.0 Å². The number of fused-ring (bicyclic) bond motifs is 3. The van der Waals surface area contributed by atoms with Crippen LogP contribution in [-0.4, -0.2) is 27.9 Å². The zero-order chi connectivity index (χ0) is 24.2. The highest BCUT2D eigenvalue weighted by atomic mass is 32.2. The van der Waals surface area contributed by atoms with Crippen LogP contribution in [0.4, 0.5) is 0 Å². The molecule has 0 spiro atoms. The Bertz CT molecular complexity index is 1260. The second-order valence-corrected chi connectivity index (χ2v) is 10.9. The fourth-order valence-electron chi connectivity index (χ4n) is 4.54. The Hall–Kier alpha value is -3.09. The van der Waals surface area contributed by atoms with Gasteiger partial charge in [0.1, 0.15) is 5.75 Å². The molecule has 35 heavy (non-hydrogen) atoms. The summed E-state index contributed by atoms with van der Waals surface area (Å²) in [6.07, 6.45) is 1.31. The van der Waals surface area contributed by atoms with Crippen LogP contribution in [0.1, 0.15) is 40.8 Å². The molecule has 0 radical (unpaired) electrons. The summed E-state index contributed by atoms with van der Waals surface area (Å²) in [5, 5.41) is 9.43. The first-order valence-electron chi connectivity index (χ1n) is 11.9. The summed E-state index contributed by atoms with van der Waals surface area (Å²) < 4.78 is 6.97. The van der Waals surface area contributed by atoms with Gasteiger partial charge in [-0.2, -0.15) is 0 Å². The van der Waals surface area contributed by atoms with Gasteiger partial charge < -0.3 is 9.84 Å². The lowest BCUT2D eigenvalue weighted by Gasteiger charge is -2.21. The molecule has 4 nitrogen and oxygen atoms in total. The van der Waals surface area contributed by atoms with Gasteiger partial charge in [0.25, 0.3) is 0 Å². The molecule has 5 rings (SSSR count). The van der Waals surface area contributed by atoms with E-state index in [9.17, 15) is 9.90 Å². The topological polar surface area (TPSA) is 59.4 Å². The number of ether oxygens (including phenoxy) is 1. The van der Waals surface area contributed by atoms with Crippen molar-refractivity contribution in [2.24, 2.45) is 0 Å². The third-order valence-corrected chi connectivity index (χ3v) is 8.71. The van der Waals surface area contributed by atoms with Crippen molar-refractivity contribution in [2.75, 3.05) is 5.75 Å². The maximum absolute atomic E-state index is 11.5. The molecule has 1 aliphatic carbocycles. The average molecular weight is 502 g/mol. The normalized spacial score (nSPS) is 13.2. The third kappa shape index (κ3) is 5.14.